The second kappa shape index (κ2) is 5.39. The van der Waals surface area contributed by atoms with Crippen molar-refractivity contribution in [3.8, 4) is 0 Å². The van der Waals surface area contributed by atoms with E-state index in [0.29, 0.717) is 0 Å². The zero-order valence-electron chi connectivity index (χ0n) is 11.3. The van der Waals surface area contributed by atoms with Gasteiger partial charge < -0.3 is 5.73 Å². The highest BCUT2D eigenvalue weighted by molar-refractivity contribution is 9.10. The first-order valence-electron chi connectivity index (χ1n) is 6.65. The van der Waals surface area contributed by atoms with Gasteiger partial charge in [-0.2, -0.15) is 0 Å². The Labute approximate surface area is 127 Å². The fourth-order valence-corrected chi connectivity index (χ4v) is 3.21. The van der Waals surface area contributed by atoms with Crippen molar-refractivity contribution in [2.45, 2.75) is 13.0 Å². The van der Waals surface area contributed by atoms with E-state index in [1.54, 1.807) is 0 Å². The average molecular weight is 326 g/mol. The van der Waals surface area contributed by atoms with Crippen LogP contribution >= 0.6 is 15.9 Å². The fourth-order valence-electron chi connectivity index (χ4n) is 2.47. The van der Waals surface area contributed by atoms with Gasteiger partial charge in [-0.25, -0.2) is 0 Å². The Morgan fingerprint density at radius 1 is 0.900 bits per heavy atom. The van der Waals surface area contributed by atoms with Crippen LogP contribution in [-0.2, 0) is 0 Å². The summed E-state index contributed by atoms with van der Waals surface area (Å²) in [6.45, 7) is 2.08. The highest BCUT2D eigenvalue weighted by Gasteiger charge is 2.12. The minimum atomic E-state index is -0.116. The van der Waals surface area contributed by atoms with Gasteiger partial charge in [-0.05, 0) is 46.5 Å². The topological polar surface area (TPSA) is 26.0 Å². The molecule has 1 unspecified atom stereocenters. The van der Waals surface area contributed by atoms with Crippen LogP contribution in [0.2, 0.25) is 0 Å². The minimum absolute atomic E-state index is 0.116. The Balaban J connectivity index is 2.05. The minimum Gasteiger partial charge on any atom is -0.320 e. The van der Waals surface area contributed by atoms with Gasteiger partial charge in [-0.15, -0.1) is 0 Å². The van der Waals surface area contributed by atoms with Gasteiger partial charge in [0.05, 0.1) is 6.04 Å². The van der Waals surface area contributed by atoms with Gasteiger partial charge in [-0.3, -0.25) is 0 Å². The summed E-state index contributed by atoms with van der Waals surface area (Å²) in [6, 6.07) is 20.9. The van der Waals surface area contributed by atoms with Crippen molar-refractivity contribution in [3.05, 3.63) is 81.8 Å². The molecule has 3 aromatic carbocycles. The number of nitrogens with two attached hydrogens (primary N) is 1. The predicted octanol–water partition coefficient (Wildman–Crippen LogP) is 4.96. The van der Waals surface area contributed by atoms with Crippen molar-refractivity contribution in [2.24, 2.45) is 5.73 Å². The molecule has 0 amide bonds. The molecule has 0 aromatic heterocycles. The van der Waals surface area contributed by atoms with E-state index >= 15 is 0 Å². The monoisotopic (exact) mass is 325 g/mol. The third-order valence-electron chi connectivity index (χ3n) is 3.62. The lowest BCUT2D eigenvalue weighted by Gasteiger charge is -2.15. The van der Waals surface area contributed by atoms with E-state index in [1.165, 1.54) is 16.3 Å². The molecule has 3 rings (SSSR count). The van der Waals surface area contributed by atoms with Crippen LogP contribution in [-0.4, -0.2) is 0 Å². The van der Waals surface area contributed by atoms with Crippen LogP contribution in [0.5, 0.6) is 0 Å². The molecule has 0 aliphatic carbocycles. The molecule has 100 valence electrons. The van der Waals surface area contributed by atoms with Crippen LogP contribution in [0.3, 0.4) is 0 Å². The third-order valence-corrected chi connectivity index (χ3v) is 4.31. The summed E-state index contributed by atoms with van der Waals surface area (Å²) in [5, 5.41) is 2.47. The molecule has 1 atom stereocenters. The standard InChI is InChI=1S/C18H16BrN/c1-12-6-9-16(17(19)10-12)18(20)15-8-7-13-4-2-3-5-14(13)11-15/h2-11,18H,20H2,1H3. The molecule has 0 aliphatic rings. The maximum Gasteiger partial charge on any atom is 0.0563 e. The van der Waals surface area contributed by atoms with Crippen molar-refractivity contribution in [3.63, 3.8) is 0 Å². The molecule has 0 saturated heterocycles. The lowest BCUT2D eigenvalue weighted by Crippen LogP contribution is -2.12. The first-order chi connectivity index (χ1) is 9.65. The second-order valence-electron chi connectivity index (χ2n) is 5.11. The normalized spacial score (nSPS) is 12.6. The number of aryl methyl sites for hydroxylation is 1. The van der Waals surface area contributed by atoms with E-state index < -0.39 is 0 Å². The van der Waals surface area contributed by atoms with Gasteiger partial charge in [0, 0.05) is 4.47 Å². The van der Waals surface area contributed by atoms with Gasteiger partial charge in [0.25, 0.3) is 0 Å². The number of hydrogen-bond donors (Lipinski definition) is 1. The summed E-state index contributed by atoms with van der Waals surface area (Å²) < 4.78 is 1.07. The molecule has 0 aliphatic heterocycles. The van der Waals surface area contributed by atoms with Crippen molar-refractivity contribution >= 4 is 26.7 Å². The van der Waals surface area contributed by atoms with Crippen molar-refractivity contribution in [2.75, 3.05) is 0 Å². The Morgan fingerprint density at radius 3 is 2.40 bits per heavy atom. The lowest BCUT2D eigenvalue weighted by atomic mass is 9.96. The zero-order chi connectivity index (χ0) is 14.1. The Hall–Kier alpha value is -1.64. The van der Waals surface area contributed by atoms with E-state index in [2.05, 4.69) is 83.5 Å². The highest BCUT2D eigenvalue weighted by atomic mass is 79.9. The van der Waals surface area contributed by atoms with E-state index in [4.69, 9.17) is 5.73 Å². The first kappa shape index (κ1) is 13.3. The molecule has 1 nitrogen and oxygen atoms in total. The molecular formula is C18H16BrN. The fraction of sp³-hybridized carbons (Fsp3) is 0.111. The van der Waals surface area contributed by atoms with Crippen LogP contribution in [0, 0.1) is 6.92 Å². The Bertz CT molecular complexity index is 764. The summed E-state index contributed by atoms with van der Waals surface area (Å²) in [6.07, 6.45) is 0. The largest absolute Gasteiger partial charge is 0.320 e. The molecule has 0 heterocycles. The number of fused-ring (bicyclic) bond motifs is 1. The van der Waals surface area contributed by atoms with Gasteiger partial charge in [0.15, 0.2) is 0 Å². The molecule has 0 fully saturated rings. The molecular weight excluding hydrogens is 310 g/mol. The van der Waals surface area contributed by atoms with Crippen LogP contribution in [0.1, 0.15) is 22.7 Å². The third kappa shape index (κ3) is 2.49. The molecule has 0 radical (unpaired) electrons. The highest BCUT2D eigenvalue weighted by Crippen LogP contribution is 2.29. The summed E-state index contributed by atoms with van der Waals surface area (Å²) in [5.74, 6) is 0. The van der Waals surface area contributed by atoms with Gasteiger partial charge in [0.2, 0.25) is 0 Å². The van der Waals surface area contributed by atoms with Gasteiger partial charge in [0.1, 0.15) is 0 Å². The SMILES string of the molecule is Cc1ccc(C(N)c2ccc3ccccc3c2)c(Br)c1. The average Bonchev–Trinajstić information content (AvgIpc) is 2.46. The molecule has 0 saturated carbocycles. The Morgan fingerprint density at radius 2 is 1.65 bits per heavy atom. The Kier molecular flexibility index (Phi) is 3.60. The lowest BCUT2D eigenvalue weighted by molar-refractivity contribution is 0.867. The van der Waals surface area contributed by atoms with Crippen LogP contribution in [0.15, 0.2) is 65.1 Å². The maximum absolute atomic E-state index is 6.43. The zero-order valence-corrected chi connectivity index (χ0v) is 12.9. The quantitative estimate of drug-likeness (QED) is 0.708. The first-order valence-corrected chi connectivity index (χ1v) is 7.45. The van der Waals surface area contributed by atoms with E-state index in [0.717, 1.165) is 15.6 Å². The molecule has 2 heteroatoms. The number of halogens is 1. The van der Waals surface area contributed by atoms with E-state index in [9.17, 15) is 0 Å². The van der Waals surface area contributed by atoms with Crippen molar-refractivity contribution in [1.29, 1.82) is 0 Å². The van der Waals surface area contributed by atoms with Crippen molar-refractivity contribution in [1.82, 2.24) is 0 Å². The van der Waals surface area contributed by atoms with Crippen LogP contribution in [0.4, 0.5) is 0 Å². The molecule has 0 spiro atoms. The predicted molar refractivity (Wildman–Crippen MR) is 88.9 cm³/mol. The van der Waals surface area contributed by atoms with Crippen molar-refractivity contribution < 1.29 is 0 Å². The van der Waals surface area contributed by atoms with Gasteiger partial charge in [-0.1, -0.05) is 64.5 Å². The van der Waals surface area contributed by atoms with E-state index in [1.807, 2.05) is 0 Å². The number of hydrogen-bond acceptors (Lipinski definition) is 1. The van der Waals surface area contributed by atoms with Crippen LogP contribution < -0.4 is 5.73 Å². The summed E-state index contributed by atoms with van der Waals surface area (Å²) in [4.78, 5) is 0. The smallest absolute Gasteiger partial charge is 0.0563 e. The molecule has 2 N–H and O–H groups in total. The molecule has 0 bridgehead atoms. The van der Waals surface area contributed by atoms with E-state index in [-0.39, 0.29) is 6.04 Å². The van der Waals surface area contributed by atoms with Crippen LogP contribution in [0.25, 0.3) is 10.8 Å². The summed E-state index contributed by atoms with van der Waals surface area (Å²) >= 11 is 3.61. The summed E-state index contributed by atoms with van der Waals surface area (Å²) in [7, 11) is 0. The maximum atomic E-state index is 6.43. The molecule has 3 aromatic rings. The van der Waals surface area contributed by atoms with Gasteiger partial charge >= 0.3 is 0 Å². The summed E-state index contributed by atoms with van der Waals surface area (Å²) in [5.41, 5.74) is 9.91. The molecule has 20 heavy (non-hydrogen) atoms. The number of rotatable bonds is 2. The number of benzene rings is 3. The second-order valence-corrected chi connectivity index (χ2v) is 5.96.